The molecular formula is C29H27N5O5. The first-order valence-electron chi connectivity index (χ1n) is 12.4. The van der Waals surface area contributed by atoms with E-state index in [1.807, 2.05) is 48.5 Å². The largest absolute Gasteiger partial charge is 0.495 e. The van der Waals surface area contributed by atoms with Crippen molar-refractivity contribution in [2.75, 3.05) is 32.6 Å². The van der Waals surface area contributed by atoms with E-state index in [9.17, 15) is 4.79 Å². The fourth-order valence-corrected chi connectivity index (χ4v) is 4.54. The van der Waals surface area contributed by atoms with Crippen LogP contribution < -0.4 is 19.5 Å². The van der Waals surface area contributed by atoms with Crippen LogP contribution in [-0.2, 0) is 4.79 Å². The number of furan rings is 1. The van der Waals surface area contributed by atoms with E-state index in [-0.39, 0.29) is 17.6 Å². The third-order valence-electron chi connectivity index (χ3n) is 6.59. The van der Waals surface area contributed by atoms with Crippen LogP contribution in [0.5, 0.6) is 17.2 Å². The summed E-state index contributed by atoms with van der Waals surface area (Å²) in [5, 5.41) is 13.1. The summed E-state index contributed by atoms with van der Waals surface area (Å²) in [6, 6.07) is 14.9. The molecule has 5 rings (SSSR count). The topological polar surface area (TPSA) is 123 Å². The predicted octanol–water partition coefficient (Wildman–Crippen LogP) is 5.10. The molecule has 0 radical (unpaired) electrons. The highest BCUT2D eigenvalue weighted by Gasteiger charge is 2.26. The first-order chi connectivity index (χ1) is 19.0. The minimum Gasteiger partial charge on any atom is -0.495 e. The number of benzene rings is 2. The highest BCUT2D eigenvalue weighted by molar-refractivity contribution is 5.96. The van der Waals surface area contributed by atoms with Gasteiger partial charge in [-0.2, -0.15) is 5.26 Å². The smallest absolute Gasteiger partial charge is 0.263 e. The molecule has 10 nitrogen and oxygen atoms in total. The van der Waals surface area contributed by atoms with Crippen molar-refractivity contribution in [3.05, 3.63) is 67.2 Å². The van der Waals surface area contributed by atoms with E-state index in [1.54, 1.807) is 25.4 Å². The molecule has 1 fully saturated rings. The standard InChI is InChI=1S/C29H27N5O5/c1-18(16-30)29(35)34-10-8-20(9-11-34)39-27-14-21-22(15-26(27)37-3)31-17-32-28(21)33-23-13-19(6-7-25(23)36-2)24-5-4-12-38-24/h4-7,12-15,17,20H,1,8-11H2,2-3H3,(H,31,32,33). The minimum atomic E-state index is -0.335. The summed E-state index contributed by atoms with van der Waals surface area (Å²) >= 11 is 0. The van der Waals surface area contributed by atoms with E-state index in [0.29, 0.717) is 60.2 Å². The molecule has 1 saturated heterocycles. The van der Waals surface area contributed by atoms with Gasteiger partial charge in [-0.25, -0.2) is 9.97 Å². The van der Waals surface area contributed by atoms with Gasteiger partial charge < -0.3 is 28.8 Å². The van der Waals surface area contributed by atoms with E-state index in [2.05, 4.69) is 21.9 Å². The molecule has 198 valence electrons. The summed E-state index contributed by atoms with van der Waals surface area (Å²) in [5.41, 5.74) is 2.21. The number of hydrogen-bond donors (Lipinski definition) is 1. The van der Waals surface area contributed by atoms with Gasteiger partial charge in [-0.05, 0) is 36.4 Å². The zero-order valence-corrected chi connectivity index (χ0v) is 21.6. The van der Waals surface area contributed by atoms with Gasteiger partial charge in [0.05, 0.1) is 31.7 Å². The zero-order chi connectivity index (χ0) is 27.4. The Labute approximate surface area is 225 Å². The van der Waals surface area contributed by atoms with Crippen LogP contribution in [-0.4, -0.2) is 54.2 Å². The molecule has 39 heavy (non-hydrogen) atoms. The van der Waals surface area contributed by atoms with Crippen molar-refractivity contribution in [1.82, 2.24) is 14.9 Å². The van der Waals surface area contributed by atoms with Gasteiger partial charge in [-0.15, -0.1) is 0 Å². The summed E-state index contributed by atoms with van der Waals surface area (Å²) in [6.07, 6.45) is 4.19. The van der Waals surface area contributed by atoms with Crippen molar-refractivity contribution < 1.29 is 23.4 Å². The summed E-state index contributed by atoms with van der Waals surface area (Å²) in [5.74, 6) is 2.70. The first-order valence-corrected chi connectivity index (χ1v) is 12.4. The van der Waals surface area contributed by atoms with Gasteiger partial charge in [-0.1, -0.05) is 6.58 Å². The third kappa shape index (κ3) is 5.33. The molecule has 0 atom stereocenters. The van der Waals surface area contributed by atoms with Crippen LogP contribution in [0.25, 0.3) is 22.2 Å². The van der Waals surface area contributed by atoms with E-state index < -0.39 is 0 Å². The lowest BCUT2D eigenvalue weighted by molar-refractivity contribution is -0.128. The Morgan fingerprint density at radius 1 is 1.10 bits per heavy atom. The van der Waals surface area contributed by atoms with Gasteiger partial charge in [0.25, 0.3) is 5.91 Å². The van der Waals surface area contributed by atoms with Gasteiger partial charge in [-0.3, -0.25) is 4.79 Å². The van der Waals surface area contributed by atoms with Gasteiger partial charge in [0.1, 0.15) is 41.4 Å². The maximum atomic E-state index is 12.3. The zero-order valence-electron chi connectivity index (χ0n) is 21.6. The van der Waals surface area contributed by atoms with Crippen LogP contribution in [0.15, 0.2) is 71.6 Å². The lowest BCUT2D eigenvalue weighted by Gasteiger charge is -2.32. The van der Waals surface area contributed by atoms with Crippen molar-refractivity contribution >= 4 is 28.3 Å². The fraction of sp³-hybridized carbons (Fsp3) is 0.241. The number of nitrogens with zero attached hydrogens (tertiary/aromatic N) is 4. The average molecular weight is 526 g/mol. The fourth-order valence-electron chi connectivity index (χ4n) is 4.54. The minimum absolute atomic E-state index is 0.0584. The molecule has 1 aliphatic rings. The number of aromatic nitrogens is 2. The van der Waals surface area contributed by atoms with Crippen molar-refractivity contribution in [1.29, 1.82) is 5.26 Å². The van der Waals surface area contributed by atoms with Crippen molar-refractivity contribution in [3.8, 4) is 34.6 Å². The molecule has 2 aromatic heterocycles. The number of hydrogen-bond acceptors (Lipinski definition) is 9. The quantitative estimate of drug-likeness (QED) is 0.247. The van der Waals surface area contributed by atoms with Crippen molar-refractivity contribution in [2.45, 2.75) is 18.9 Å². The molecule has 2 aromatic carbocycles. The molecule has 1 amide bonds. The second-order valence-electron chi connectivity index (χ2n) is 8.96. The van der Waals surface area contributed by atoms with Gasteiger partial charge >= 0.3 is 0 Å². The molecule has 0 spiro atoms. The number of likely N-dealkylation sites (tertiary alicyclic amines) is 1. The van der Waals surface area contributed by atoms with E-state index in [0.717, 1.165) is 16.7 Å². The number of carbonyl (C=O) groups is 1. The second-order valence-corrected chi connectivity index (χ2v) is 8.96. The molecule has 0 saturated carbocycles. The summed E-state index contributed by atoms with van der Waals surface area (Å²) in [6.45, 7) is 4.47. The number of rotatable bonds is 8. The average Bonchev–Trinajstić information content (AvgIpc) is 3.52. The third-order valence-corrected chi connectivity index (χ3v) is 6.59. The molecule has 0 aliphatic carbocycles. The second kappa shape index (κ2) is 11.1. The monoisotopic (exact) mass is 525 g/mol. The van der Waals surface area contributed by atoms with E-state index in [1.165, 1.54) is 6.33 Å². The molecule has 0 bridgehead atoms. The maximum absolute atomic E-state index is 12.3. The number of ether oxygens (including phenoxy) is 3. The Hall–Kier alpha value is -5.04. The highest BCUT2D eigenvalue weighted by atomic mass is 16.5. The van der Waals surface area contributed by atoms with Crippen LogP contribution in [0.3, 0.4) is 0 Å². The van der Waals surface area contributed by atoms with Crippen LogP contribution in [0.4, 0.5) is 11.5 Å². The SMILES string of the molecule is C=C(C#N)C(=O)N1CCC(Oc2cc3c(Nc4cc(-c5ccco5)ccc4OC)ncnc3cc2OC)CC1. The van der Waals surface area contributed by atoms with Crippen LogP contribution in [0.2, 0.25) is 0 Å². The van der Waals surface area contributed by atoms with Crippen LogP contribution >= 0.6 is 0 Å². The molecule has 1 N–H and O–H groups in total. The Kier molecular flexibility index (Phi) is 7.32. The van der Waals surface area contributed by atoms with E-state index in [4.69, 9.17) is 23.9 Å². The molecule has 4 aromatic rings. The number of methoxy groups -OCH3 is 2. The lowest BCUT2D eigenvalue weighted by atomic mass is 10.1. The molecule has 10 heteroatoms. The summed E-state index contributed by atoms with van der Waals surface area (Å²) < 4.78 is 23.1. The summed E-state index contributed by atoms with van der Waals surface area (Å²) in [4.78, 5) is 22.8. The van der Waals surface area contributed by atoms with Crippen LogP contribution in [0, 0.1) is 11.3 Å². The Bertz CT molecular complexity index is 1550. The number of fused-ring (bicyclic) bond motifs is 1. The molecular weight excluding hydrogens is 498 g/mol. The normalized spacial score (nSPS) is 13.5. The van der Waals surface area contributed by atoms with Gasteiger partial charge in [0.2, 0.25) is 0 Å². The number of carbonyl (C=O) groups excluding carboxylic acids is 1. The lowest BCUT2D eigenvalue weighted by Crippen LogP contribution is -2.42. The van der Waals surface area contributed by atoms with Gasteiger partial charge in [0, 0.05) is 42.9 Å². The first kappa shape index (κ1) is 25.6. The predicted molar refractivity (Wildman–Crippen MR) is 145 cm³/mol. The highest BCUT2D eigenvalue weighted by Crippen LogP contribution is 2.38. The molecule has 0 unspecified atom stereocenters. The Balaban J connectivity index is 1.42. The van der Waals surface area contributed by atoms with Crippen LogP contribution in [0.1, 0.15) is 12.8 Å². The maximum Gasteiger partial charge on any atom is 0.263 e. The number of anilines is 2. The Morgan fingerprint density at radius 3 is 2.59 bits per heavy atom. The number of piperidine rings is 1. The summed E-state index contributed by atoms with van der Waals surface area (Å²) in [7, 11) is 3.19. The van der Waals surface area contributed by atoms with Gasteiger partial charge in [0.15, 0.2) is 11.5 Å². The van der Waals surface area contributed by atoms with E-state index >= 15 is 0 Å². The van der Waals surface area contributed by atoms with Crippen molar-refractivity contribution in [3.63, 3.8) is 0 Å². The van der Waals surface area contributed by atoms with Crippen molar-refractivity contribution in [2.24, 2.45) is 0 Å². The number of nitrogens with one attached hydrogen (secondary N) is 1. The molecule has 3 heterocycles. The Morgan fingerprint density at radius 2 is 1.90 bits per heavy atom. The molecule has 1 aliphatic heterocycles. The number of amides is 1. The number of nitriles is 1.